The number of hydrogen-bond acceptors (Lipinski definition) is 6. The fourth-order valence-corrected chi connectivity index (χ4v) is 4.29. The van der Waals surface area contributed by atoms with Crippen LogP contribution in [0.3, 0.4) is 0 Å². The van der Waals surface area contributed by atoms with Crippen molar-refractivity contribution in [3.8, 4) is 5.75 Å². The Bertz CT molecular complexity index is 1050. The number of amidine groups is 2. The van der Waals surface area contributed by atoms with E-state index in [2.05, 4.69) is 15.3 Å². The van der Waals surface area contributed by atoms with E-state index in [9.17, 15) is 9.59 Å². The Morgan fingerprint density at radius 2 is 1.94 bits per heavy atom. The molecule has 2 aromatic carbocycles. The van der Waals surface area contributed by atoms with Gasteiger partial charge in [-0.2, -0.15) is 0 Å². The summed E-state index contributed by atoms with van der Waals surface area (Å²) in [5.41, 5.74) is 2.29. The maximum atomic E-state index is 13.0. The molecule has 2 aromatic rings. The number of nitrogens with zero attached hydrogens (tertiary/aromatic N) is 3. The van der Waals surface area contributed by atoms with Gasteiger partial charge in [-0.3, -0.25) is 14.6 Å². The highest BCUT2D eigenvalue weighted by Gasteiger charge is 2.40. The molecule has 0 saturated heterocycles. The first kappa shape index (κ1) is 21.1. The molecular formula is C23H24N4O3S. The van der Waals surface area contributed by atoms with E-state index >= 15 is 0 Å². The van der Waals surface area contributed by atoms with Crippen LogP contribution in [0.15, 0.2) is 58.5 Å². The minimum absolute atomic E-state index is 0.0791. The first-order valence-corrected chi connectivity index (χ1v) is 11.3. The van der Waals surface area contributed by atoms with Gasteiger partial charge in [0, 0.05) is 11.3 Å². The van der Waals surface area contributed by atoms with Crippen LogP contribution >= 0.6 is 11.8 Å². The van der Waals surface area contributed by atoms with Crippen LogP contribution in [0, 0.1) is 0 Å². The molecule has 2 heterocycles. The summed E-state index contributed by atoms with van der Waals surface area (Å²) in [6.07, 6.45) is 1.56. The normalized spacial score (nSPS) is 16.9. The molecule has 0 spiro atoms. The maximum absolute atomic E-state index is 13.0. The number of fused-ring (bicyclic) bond motifs is 3. The molecule has 0 aliphatic carbocycles. The Labute approximate surface area is 185 Å². The van der Waals surface area contributed by atoms with Gasteiger partial charge in [-0.05, 0) is 49.7 Å². The number of rotatable bonds is 7. The highest BCUT2D eigenvalue weighted by atomic mass is 32.2. The SMILES string of the molecule is CCC[C@H]1N=C2c3ccccc3N=C(SCC(=O)Nc3ccc(OCC)cc3)N2C1=O. The molecular weight excluding hydrogens is 412 g/mol. The lowest BCUT2D eigenvalue weighted by molar-refractivity contribution is -0.124. The first-order chi connectivity index (χ1) is 15.1. The highest BCUT2D eigenvalue weighted by Crippen LogP contribution is 2.34. The molecule has 7 nitrogen and oxygen atoms in total. The molecule has 1 atom stereocenters. The third-order valence-corrected chi connectivity index (χ3v) is 5.83. The molecule has 2 aliphatic heterocycles. The third-order valence-electron chi connectivity index (χ3n) is 4.89. The van der Waals surface area contributed by atoms with Crippen LogP contribution in [-0.2, 0) is 9.59 Å². The molecule has 31 heavy (non-hydrogen) atoms. The van der Waals surface area contributed by atoms with Crippen molar-refractivity contribution in [2.75, 3.05) is 17.7 Å². The van der Waals surface area contributed by atoms with Crippen molar-refractivity contribution in [3.63, 3.8) is 0 Å². The van der Waals surface area contributed by atoms with Gasteiger partial charge >= 0.3 is 0 Å². The number of aliphatic imine (C=N–C) groups is 2. The van der Waals surface area contributed by atoms with Gasteiger partial charge in [-0.15, -0.1) is 0 Å². The first-order valence-electron chi connectivity index (χ1n) is 10.4. The number of anilines is 1. The second-order valence-electron chi connectivity index (χ2n) is 7.14. The summed E-state index contributed by atoms with van der Waals surface area (Å²) in [4.78, 5) is 36.4. The highest BCUT2D eigenvalue weighted by molar-refractivity contribution is 8.14. The zero-order valence-electron chi connectivity index (χ0n) is 17.5. The van der Waals surface area contributed by atoms with E-state index in [0.717, 1.165) is 23.4 Å². The van der Waals surface area contributed by atoms with Crippen LogP contribution in [0.4, 0.5) is 11.4 Å². The average Bonchev–Trinajstić information content (AvgIpc) is 3.11. The average molecular weight is 437 g/mol. The smallest absolute Gasteiger partial charge is 0.259 e. The van der Waals surface area contributed by atoms with E-state index in [1.54, 1.807) is 17.0 Å². The van der Waals surface area contributed by atoms with Crippen LogP contribution in [-0.4, -0.2) is 46.1 Å². The van der Waals surface area contributed by atoms with E-state index in [0.29, 0.717) is 29.7 Å². The molecule has 2 amide bonds. The van der Waals surface area contributed by atoms with Crippen LogP contribution in [0.1, 0.15) is 32.3 Å². The standard InChI is InChI=1S/C23H24N4O3S/c1-3-7-19-22(29)27-21(25-19)17-8-5-6-9-18(17)26-23(27)31-14-20(28)24-15-10-12-16(13-11-15)30-4-2/h5-6,8-13,19H,3-4,7,14H2,1-2H3,(H,24,28)/t19-/m1/s1. The summed E-state index contributed by atoms with van der Waals surface area (Å²) in [5.74, 6) is 1.26. The predicted molar refractivity (Wildman–Crippen MR) is 124 cm³/mol. The number of carbonyl (C=O) groups is 2. The second kappa shape index (κ2) is 9.34. The van der Waals surface area contributed by atoms with Gasteiger partial charge in [0.15, 0.2) is 5.17 Å². The molecule has 0 fully saturated rings. The van der Waals surface area contributed by atoms with Crippen molar-refractivity contribution < 1.29 is 14.3 Å². The lowest BCUT2D eigenvalue weighted by Gasteiger charge is -2.25. The number of thioether (sulfide) groups is 1. The molecule has 0 radical (unpaired) electrons. The van der Waals surface area contributed by atoms with Gasteiger partial charge in [0.05, 0.1) is 18.0 Å². The minimum atomic E-state index is -0.394. The van der Waals surface area contributed by atoms with Gasteiger partial charge in [0.1, 0.15) is 17.6 Å². The largest absolute Gasteiger partial charge is 0.494 e. The summed E-state index contributed by atoms with van der Waals surface area (Å²) in [5, 5.41) is 3.35. The number of carbonyl (C=O) groups excluding carboxylic acids is 2. The van der Waals surface area contributed by atoms with Crippen molar-refractivity contribution in [3.05, 3.63) is 54.1 Å². The number of benzene rings is 2. The predicted octanol–water partition coefficient (Wildman–Crippen LogP) is 4.22. The lowest BCUT2D eigenvalue weighted by Crippen LogP contribution is -2.41. The Morgan fingerprint density at radius 3 is 2.68 bits per heavy atom. The zero-order valence-corrected chi connectivity index (χ0v) is 18.3. The number of nitrogens with one attached hydrogen (secondary N) is 1. The van der Waals surface area contributed by atoms with Crippen molar-refractivity contribution in [1.82, 2.24) is 4.90 Å². The number of hydrogen-bond donors (Lipinski definition) is 1. The Morgan fingerprint density at radius 1 is 1.16 bits per heavy atom. The number of amides is 2. The summed E-state index contributed by atoms with van der Waals surface area (Å²) in [6, 6.07) is 14.5. The Kier molecular flexibility index (Phi) is 6.36. The second-order valence-corrected chi connectivity index (χ2v) is 8.08. The quantitative estimate of drug-likeness (QED) is 0.705. The third kappa shape index (κ3) is 4.49. The van der Waals surface area contributed by atoms with Crippen LogP contribution < -0.4 is 10.1 Å². The van der Waals surface area contributed by atoms with E-state index in [-0.39, 0.29) is 17.6 Å². The lowest BCUT2D eigenvalue weighted by atomic mass is 10.1. The zero-order chi connectivity index (χ0) is 21.8. The molecule has 8 heteroatoms. The molecule has 1 N–H and O–H groups in total. The van der Waals surface area contributed by atoms with E-state index in [1.807, 2.05) is 50.2 Å². The molecule has 0 bridgehead atoms. The van der Waals surface area contributed by atoms with E-state index in [1.165, 1.54) is 11.8 Å². The summed E-state index contributed by atoms with van der Waals surface area (Å²) in [6.45, 7) is 4.55. The van der Waals surface area contributed by atoms with Crippen LogP contribution in [0.5, 0.6) is 5.75 Å². The van der Waals surface area contributed by atoms with Crippen molar-refractivity contribution in [2.24, 2.45) is 9.98 Å². The van der Waals surface area contributed by atoms with Gasteiger partial charge in [-0.25, -0.2) is 9.89 Å². The molecule has 160 valence electrons. The molecule has 0 aromatic heterocycles. The number of para-hydroxylation sites is 1. The Balaban J connectivity index is 1.47. The molecule has 4 rings (SSSR count). The van der Waals surface area contributed by atoms with E-state index in [4.69, 9.17) is 4.74 Å². The molecule has 0 saturated carbocycles. The van der Waals surface area contributed by atoms with Gasteiger partial charge in [0.2, 0.25) is 5.91 Å². The molecule has 2 aliphatic rings. The fraction of sp³-hybridized carbons (Fsp3) is 0.304. The van der Waals surface area contributed by atoms with Gasteiger partial charge < -0.3 is 10.1 Å². The number of ether oxygens (including phenoxy) is 1. The van der Waals surface area contributed by atoms with Crippen molar-refractivity contribution in [2.45, 2.75) is 32.7 Å². The summed E-state index contributed by atoms with van der Waals surface area (Å²) in [7, 11) is 0. The summed E-state index contributed by atoms with van der Waals surface area (Å²) >= 11 is 1.24. The summed E-state index contributed by atoms with van der Waals surface area (Å²) < 4.78 is 5.42. The van der Waals surface area contributed by atoms with Crippen molar-refractivity contribution in [1.29, 1.82) is 0 Å². The van der Waals surface area contributed by atoms with Crippen molar-refractivity contribution >= 4 is 46.0 Å². The van der Waals surface area contributed by atoms with Crippen LogP contribution in [0.2, 0.25) is 0 Å². The fourth-order valence-electron chi connectivity index (χ4n) is 3.49. The van der Waals surface area contributed by atoms with Gasteiger partial charge in [-0.1, -0.05) is 37.2 Å². The monoisotopic (exact) mass is 436 g/mol. The van der Waals surface area contributed by atoms with Gasteiger partial charge in [0.25, 0.3) is 5.91 Å². The minimum Gasteiger partial charge on any atom is -0.494 e. The maximum Gasteiger partial charge on any atom is 0.259 e. The van der Waals surface area contributed by atoms with E-state index < -0.39 is 6.04 Å². The topological polar surface area (TPSA) is 83.4 Å². The molecule has 0 unspecified atom stereocenters. The Hall–Kier alpha value is -3.13. The van der Waals surface area contributed by atoms with Crippen LogP contribution in [0.25, 0.3) is 0 Å².